The van der Waals surface area contributed by atoms with Gasteiger partial charge in [0.25, 0.3) is 0 Å². The molecule has 5 aliphatic heterocycles. The normalized spacial score (nSPS) is 36.5. The van der Waals surface area contributed by atoms with Gasteiger partial charge in [0, 0.05) is 72.6 Å². The lowest BCUT2D eigenvalue weighted by Gasteiger charge is -2.63. The Morgan fingerprint density at radius 3 is 2.43 bits per heavy atom. The predicted molar refractivity (Wildman–Crippen MR) is 221 cm³/mol. The summed E-state index contributed by atoms with van der Waals surface area (Å²) in [6.45, 7) is 8.03. The quantitative estimate of drug-likeness (QED) is 0.131. The Balaban J connectivity index is 1.44. The molecule has 2 bridgehead atoms. The molecule has 2 unspecified atom stereocenters. The van der Waals surface area contributed by atoms with E-state index in [0.717, 1.165) is 16.5 Å². The highest BCUT2D eigenvalue weighted by Crippen LogP contribution is 2.69. The Hall–Kier alpha value is -4.76. The molecule has 1 aromatic heterocycles. The van der Waals surface area contributed by atoms with Crippen molar-refractivity contribution in [3.63, 3.8) is 0 Å². The number of ether oxygens (including phenoxy) is 4. The lowest BCUT2D eigenvalue weighted by molar-refractivity contribution is -0.228. The minimum Gasteiger partial charge on any atom is -0.497 e. The molecule has 10 atom stereocenters. The summed E-state index contributed by atoms with van der Waals surface area (Å²) in [5.74, 6) is -2.12. The largest absolute Gasteiger partial charge is 0.497 e. The number of aromatic nitrogens is 1. The van der Waals surface area contributed by atoms with Crippen LogP contribution in [-0.4, -0.2) is 133 Å². The first-order valence-electron chi connectivity index (χ1n) is 21.3. The number of carbonyl (C=O) groups excluding carboxylic acids is 4. The van der Waals surface area contributed by atoms with Gasteiger partial charge in [-0.2, -0.15) is 0 Å². The van der Waals surface area contributed by atoms with Crippen LogP contribution >= 0.6 is 0 Å². The molecule has 1 amide bonds. The van der Waals surface area contributed by atoms with Gasteiger partial charge in [-0.3, -0.25) is 24.2 Å². The van der Waals surface area contributed by atoms with Crippen molar-refractivity contribution >= 4 is 40.9 Å². The Labute approximate surface area is 349 Å². The van der Waals surface area contributed by atoms with Crippen LogP contribution in [0.15, 0.2) is 48.6 Å². The molecule has 6 aliphatic rings. The molecule has 14 heteroatoms. The van der Waals surface area contributed by atoms with Gasteiger partial charge in [-0.15, -0.1) is 0 Å². The van der Waals surface area contributed by atoms with Gasteiger partial charge in [0.15, 0.2) is 6.10 Å². The number of piperidine rings is 1. The van der Waals surface area contributed by atoms with Crippen LogP contribution in [0.4, 0.5) is 5.69 Å². The first-order valence-corrected chi connectivity index (χ1v) is 21.3. The Morgan fingerprint density at radius 2 is 1.75 bits per heavy atom. The molecule has 1 aliphatic carbocycles. The number of fused-ring (bicyclic) bond motifs is 6. The van der Waals surface area contributed by atoms with E-state index in [4.69, 9.17) is 18.9 Å². The second kappa shape index (κ2) is 14.1. The van der Waals surface area contributed by atoms with Crippen LogP contribution in [0.25, 0.3) is 10.9 Å². The third-order valence-electron chi connectivity index (χ3n) is 15.5. The van der Waals surface area contributed by atoms with Gasteiger partial charge >= 0.3 is 17.9 Å². The number of amides is 1. The zero-order valence-corrected chi connectivity index (χ0v) is 35.3. The van der Waals surface area contributed by atoms with Crippen molar-refractivity contribution < 1.29 is 48.3 Å². The van der Waals surface area contributed by atoms with Crippen molar-refractivity contribution in [2.24, 2.45) is 11.3 Å². The molecule has 14 nitrogen and oxygen atoms in total. The first-order chi connectivity index (χ1) is 28.8. The second-order valence-corrected chi connectivity index (χ2v) is 18.1. The van der Waals surface area contributed by atoms with Gasteiger partial charge in [0.1, 0.15) is 11.2 Å². The fraction of sp³-hybridized carbons (Fsp3) is 0.565. The Bertz CT molecular complexity index is 2310. The van der Waals surface area contributed by atoms with Crippen LogP contribution < -0.4 is 9.64 Å². The Morgan fingerprint density at radius 1 is 0.983 bits per heavy atom. The van der Waals surface area contributed by atoms with Crippen LogP contribution in [0.5, 0.6) is 5.75 Å². The van der Waals surface area contributed by atoms with Gasteiger partial charge in [0.05, 0.1) is 38.7 Å². The zero-order valence-electron chi connectivity index (χ0n) is 35.3. The molecular formula is C46H56N4O10. The molecule has 9 rings (SSSR count). The van der Waals surface area contributed by atoms with Crippen molar-refractivity contribution in [2.45, 2.75) is 99.5 Å². The first kappa shape index (κ1) is 40.6. The number of rotatable bonds is 8. The molecule has 2 saturated heterocycles. The van der Waals surface area contributed by atoms with Crippen LogP contribution in [-0.2, 0) is 50.6 Å². The minimum absolute atomic E-state index is 0.196. The number of benzene rings is 2. The van der Waals surface area contributed by atoms with E-state index in [0.29, 0.717) is 99.5 Å². The van der Waals surface area contributed by atoms with Crippen molar-refractivity contribution in [1.82, 2.24) is 14.8 Å². The molecule has 0 radical (unpaired) electrons. The lowest BCUT2D eigenvalue weighted by Crippen LogP contribution is -2.81. The van der Waals surface area contributed by atoms with E-state index in [1.807, 2.05) is 50.3 Å². The summed E-state index contributed by atoms with van der Waals surface area (Å²) < 4.78 is 23.6. The number of methoxy groups -OCH3 is 3. The number of anilines is 1. The SMILES string of the molecule is CC[C@]1(O)CC2CN(CCc3c([nH]c4ccccc34)[C@@](C(=O)OC)(c3cc(OC)cc4c3[C@@]35CCN6CC=C[C@@](CC)([C@@H](OC(C)=O)[C@](O)(C(=O)OC)[C@@H]3N4C=O)[C@H]65)C2)C1. The van der Waals surface area contributed by atoms with E-state index in [9.17, 15) is 24.6 Å². The summed E-state index contributed by atoms with van der Waals surface area (Å²) in [5, 5.41) is 26.5. The van der Waals surface area contributed by atoms with Crippen LogP contribution in [0.2, 0.25) is 0 Å². The lowest BCUT2D eigenvalue weighted by atomic mass is 9.46. The monoisotopic (exact) mass is 824 g/mol. The number of aliphatic hydroxyl groups is 2. The highest BCUT2D eigenvalue weighted by Gasteiger charge is 2.81. The second-order valence-electron chi connectivity index (χ2n) is 18.1. The van der Waals surface area contributed by atoms with Crippen LogP contribution in [0.1, 0.15) is 75.3 Å². The van der Waals surface area contributed by atoms with E-state index in [1.165, 1.54) is 33.2 Å². The summed E-state index contributed by atoms with van der Waals surface area (Å²) in [5.41, 5.74) is -3.58. The maximum absolute atomic E-state index is 15.6. The molecular weight excluding hydrogens is 769 g/mol. The maximum atomic E-state index is 15.6. The van der Waals surface area contributed by atoms with Crippen molar-refractivity contribution in [1.29, 1.82) is 0 Å². The van der Waals surface area contributed by atoms with Crippen molar-refractivity contribution in [3.8, 4) is 5.75 Å². The molecule has 6 heterocycles. The van der Waals surface area contributed by atoms with E-state index in [2.05, 4.69) is 20.9 Å². The standard InChI is InChI=1S/C46H56N4O10/c1-7-42(55)22-28-23-45(40(53)58-5,36-31(14-18-48(24-28)25-42)30-12-9-10-13-33(30)47-36)32-20-29(57-4)21-34-35(32)44-16-19-49-17-11-15-43(8-2,37(44)49)39(60-27(3)52)46(56,41(54)59-6)38(44)50(34)26-51/h9-13,15,20-21,26,28,37-39,47,55-56H,7-8,14,16-19,22-25H2,1-6H3/t28?,37-,38+,39+,42-,43+,44+,45-,46-/m0/s1. The molecule has 3 N–H and O–H groups in total. The summed E-state index contributed by atoms with van der Waals surface area (Å²) in [6, 6.07) is 9.73. The maximum Gasteiger partial charge on any atom is 0.344 e. The summed E-state index contributed by atoms with van der Waals surface area (Å²) in [7, 11) is 4.08. The van der Waals surface area contributed by atoms with Gasteiger partial charge in [-0.25, -0.2) is 4.79 Å². The highest BCUT2D eigenvalue weighted by molar-refractivity contribution is 5.98. The number of aromatic amines is 1. The summed E-state index contributed by atoms with van der Waals surface area (Å²) >= 11 is 0. The molecule has 320 valence electrons. The third kappa shape index (κ3) is 5.19. The number of para-hydroxylation sites is 1. The molecule has 3 aromatic rings. The number of hydrogen-bond donors (Lipinski definition) is 3. The predicted octanol–water partition coefficient (Wildman–Crippen LogP) is 3.52. The fourth-order valence-corrected chi connectivity index (χ4v) is 13.4. The molecule has 1 saturated carbocycles. The van der Waals surface area contributed by atoms with E-state index >= 15 is 4.79 Å². The topological polar surface area (TPSA) is 171 Å². The fourth-order valence-electron chi connectivity index (χ4n) is 13.4. The van der Waals surface area contributed by atoms with Gasteiger partial charge in [-0.05, 0) is 79.8 Å². The smallest absolute Gasteiger partial charge is 0.344 e. The summed E-state index contributed by atoms with van der Waals surface area (Å²) in [6.07, 6.45) is 5.61. The molecule has 3 fully saturated rings. The van der Waals surface area contributed by atoms with Crippen molar-refractivity contribution in [2.75, 3.05) is 59.0 Å². The van der Waals surface area contributed by atoms with Gasteiger partial charge in [0.2, 0.25) is 12.0 Å². The summed E-state index contributed by atoms with van der Waals surface area (Å²) in [4.78, 5) is 67.0. The minimum atomic E-state index is -2.58. The number of nitrogens with one attached hydrogen (secondary N) is 1. The Kier molecular flexibility index (Phi) is 9.58. The average molecular weight is 825 g/mol. The molecule has 1 spiro atoms. The van der Waals surface area contributed by atoms with Gasteiger partial charge < -0.3 is 39.0 Å². The number of nitrogens with zero attached hydrogens (tertiary/aromatic N) is 3. The average Bonchev–Trinajstić information content (AvgIpc) is 3.93. The molecule has 60 heavy (non-hydrogen) atoms. The van der Waals surface area contributed by atoms with Gasteiger partial charge in [-0.1, -0.05) is 44.2 Å². The van der Waals surface area contributed by atoms with Crippen molar-refractivity contribution in [3.05, 3.63) is 70.9 Å². The van der Waals surface area contributed by atoms with Crippen LogP contribution in [0.3, 0.4) is 0 Å². The molecule has 2 aromatic carbocycles. The van der Waals surface area contributed by atoms with E-state index < -0.39 is 63.5 Å². The number of hydrogen-bond acceptors (Lipinski definition) is 12. The number of esters is 3. The zero-order chi connectivity index (χ0) is 42.6. The third-order valence-corrected chi connectivity index (χ3v) is 15.5. The van der Waals surface area contributed by atoms with E-state index in [-0.39, 0.29) is 12.3 Å². The number of carbonyl (C=O) groups is 4. The highest BCUT2D eigenvalue weighted by atomic mass is 16.6. The van der Waals surface area contributed by atoms with E-state index in [1.54, 1.807) is 6.07 Å². The van der Waals surface area contributed by atoms with Crippen LogP contribution in [0, 0.1) is 11.3 Å². The number of H-pyrrole nitrogens is 1.